The molecule has 2 amide bonds. The van der Waals surface area contributed by atoms with Gasteiger partial charge in [-0.3, -0.25) is 0 Å². The molecule has 34 heavy (non-hydrogen) atoms. The molecular weight excluding hydrogens is 444 g/mol. The Labute approximate surface area is 202 Å². The molecule has 0 heterocycles. The number of carbonyl (C=O) groups excluding carboxylic acids is 3. The summed E-state index contributed by atoms with van der Waals surface area (Å²) in [4.78, 5) is 38.9. The first-order valence-corrected chi connectivity index (χ1v) is 11.0. The normalized spacial score (nSPS) is 11.3. The van der Waals surface area contributed by atoms with Crippen molar-refractivity contribution in [3.05, 3.63) is 23.8 Å². The molecule has 0 fully saturated rings. The lowest BCUT2D eigenvalue weighted by molar-refractivity contribution is 0.0263. The van der Waals surface area contributed by atoms with E-state index in [1.807, 2.05) is 0 Å². The van der Waals surface area contributed by atoms with Gasteiger partial charge in [0.1, 0.15) is 24.4 Å². The van der Waals surface area contributed by atoms with Crippen LogP contribution in [0, 0.1) is 0 Å². The van der Waals surface area contributed by atoms with E-state index in [1.165, 1.54) is 23.0 Å². The fourth-order valence-corrected chi connectivity index (χ4v) is 2.43. The minimum atomic E-state index is -0.603. The summed E-state index contributed by atoms with van der Waals surface area (Å²) in [5, 5.41) is 0. The highest BCUT2D eigenvalue weighted by atomic mass is 16.6. The second-order valence-corrected chi connectivity index (χ2v) is 9.65. The van der Waals surface area contributed by atoms with Gasteiger partial charge in [-0.15, -0.1) is 0 Å². The van der Waals surface area contributed by atoms with Gasteiger partial charge in [-0.25, -0.2) is 14.4 Å². The molecule has 0 N–H and O–H groups in total. The van der Waals surface area contributed by atoms with Crippen molar-refractivity contribution in [2.45, 2.75) is 52.7 Å². The van der Waals surface area contributed by atoms with E-state index in [0.717, 1.165) is 0 Å². The van der Waals surface area contributed by atoms with Gasteiger partial charge in [-0.1, -0.05) is 0 Å². The van der Waals surface area contributed by atoms with E-state index in [9.17, 15) is 14.4 Å². The lowest BCUT2D eigenvalue weighted by atomic mass is 10.2. The number of nitrogens with zero attached hydrogens (tertiary/aromatic N) is 2. The molecule has 0 aliphatic carbocycles. The quantitative estimate of drug-likeness (QED) is 0.385. The van der Waals surface area contributed by atoms with Crippen molar-refractivity contribution < 1.29 is 38.1 Å². The predicted octanol–water partition coefficient (Wildman–Crippen LogP) is 3.96. The number of methoxy groups -OCH3 is 1. The summed E-state index contributed by atoms with van der Waals surface area (Å²) in [6, 6.07) is 4.65. The standard InChI is InChI=1S/C24H38N2O8/c1-23(2,3)33-21(28)25(7)12-14-31-18-11-10-17(20(27)30-9)16-19(18)32-15-13-26(8)22(29)34-24(4,5)6/h10-11,16H,12-15H2,1-9H3. The molecule has 1 aromatic rings. The Bertz CT molecular complexity index is 842. The molecule has 0 aliphatic heterocycles. The van der Waals surface area contributed by atoms with Crippen molar-refractivity contribution >= 4 is 18.2 Å². The summed E-state index contributed by atoms with van der Waals surface area (Å²) >= 11 is 0. The van der Waals surface area contributed by atoms with E-state index in [0.29, 0.717) is 11.5 Å². The molecule has 1 rings (SSSR count). The first-order chi connectivity index (χ1) is 15.6. The molecule has 0 aromatic heterocycles. The maximum atomic E-state index is 12.1. The van der Waals surface area contributed by atoms with Crippen molar-refractivity contribution in [2.75, 3.05) is 47.5 Å². The molecule has 0 unspecified atom stereocenters. The fraction of sp³-hybridized carbons (Fsp3) is 0.625. The number of likely N-dealkylation sites (N-methyl/N-ethyl adjacent to an activating group) is 2. The van der Waals surface area contributed by atoms with E-state index in [1.54, 1.807) is 67.8 Å². The molecular formula is C24H38N2O8. The second kappa shape index (κ2) is 12.3. The van der Waals surface area contributed by atoms with Gasteiger partial charge in [0.25, 0.3) is 0 Å². The first kappa shape index (κ1) is 28.9. The number of benzene rings is 1. The van der Waals surface area contributed by atoms with E-state index < -0.39 is 29.4 Å². The van der Waals surface area contributed by atoms with Crippen LogP contribution >= 0.6 is 0 Å². The maximum absolute atomic E-state index is 12.1. The van der Waals surface area contributed by atoms with E-state index in [-0.39, 0.29) is 31.9 Å². The van der Waals surface area contributed by atoms with Crippen LogP contribution in [0.25, 0.3) is 0 Å². The molecule has 1 aromatic carbocycles. The summed E-state index contributed by atoms with van der Waals surface area (Å²) in [7, 11) is 4.50. The summed E-state index contributed by atoms with van der Waals surface area (Å²) in [6.07, 6.45) is -0.931. The van der Waals surface area contributed by atoms with Crippen molar-refractivity contribution in [1.82, 2.24) is 9.80 Å². The number of esters is 1. The number of ether oxygens (including phenoxy) is 5. The van der Waals surface area contributed by atoms with Crippen LogP contribution in [0.1, 0.15) is 51.9 Å². The van der Waals surface area contributed by atoms with Crippen molar-refractivity contribution in [1.29, 1.82) is 0 Å². The van der Waals surface area contributed by atoms with E-state index in [2.05, 4.69) is 0 Å². The predicted molar refractivity (Wildman–Crippen MR) is 126 cm³/mol. The summed E-state index contributed by atoms with van der Waals surface area (Å²) in [6.45, 7) is 11.6. The smallest absolute Gasteiger partial charge is 0.410 e. The zero-order valence-corrected chi connectivity index (χ0v) is 21.7. The van der Waals surface area contributed by atoms with Gasteiger partial charge in [0, 0.05) is 14.1 Å². The van der Waals surface area contributed by atoms with Gasteiger partial charge in [0.2, 0.25) is 0 Å². The zero-order valence-electron chi connectivity index (χ0n) is 21.7. The van der Waals surface area contributed by atoms with E-state index >= 15 is 0 Å². The molecule has 192 valence electrons. The molecule has 10 heteroatoms. The van der Waals surface area contributed by atoms with Gasteiger partial charge >= 0.3 is 18.2 Å². The highest BCUT2D eigenvalue weighted by Crippen LogP contribution is 2.29. The monoisotopic (exact) mass is 482 g/mol. The van der Waals surface area contributed by atoms with Gasteiger partial charge in [-0.05, 0) is 59.7 Å². The molecule has 0 saturated carbocycles. The number of amides is 2. The lowest BCUT2D eigenvalue weighted by Crippen LogP contribution is -2.36. The van der Waals surface area contributed by atoms with Crippen LogP contribution in [0.5, 0.6) is 11.5 Å². The minimum absolute atomic E-state index is 0.133. The van der Waals surface area contributed by atoms with Crippen LogP contribution in [0.15, 0.2) is 18.2 Å². The maximum Gasteiger partial charge on any atom is 0.410 e. The van der Waals surface area contributed by atoms with Gasteiger partial charge in [-0.2, -0.15) is 0 Å². The molecule has 0 atom stereocenters. The molecule has 0 saturated heterocycles. The Hall–Kier alpha value is -3.17. The Morgan fingerprint density at radius 3 is 1.62 bits per heavy atom. The molecule has 0 spiro atoms. The SMILES string of the molecule is COC(=O)c1ccc(OCCN(C)C(=O)OC(C)(C)C)c(OCCN(C)C(=O)OC(C)(C)C)c1. The minimum Gasteiger partial charge on any atom is -0.488 e. The average Bonchev–Trinajstić information content (AvgIpc) is 2.71. The van der Waals surface area contributed by atoms with Crippen LogP contribution in [-0.4, -0.2) is 86.7 Å². The van der Waals surface area contributed by atoms with Gasteiger partial charge < -0.3 is 33.5 Å². The van der Waals surface area contributed by atoms with Crippen LogP contribution < -0.4 is 9.47 Å². The number of hydrogen-bond donors (Lipinski definition) is 0. The van der Waals surface area contributed by atoms with Crippen molar-refractivity contribution in [3.63, 3.8) is 0 Å². The molecule has 0 radical (unpaired) electrons. The van der Waals surface area contributed by atoms with Crippen LogP contribution in [-0.2, 0) is 14.2 Å². The highest BCUT2D eigenvalue weighted by molar-refractivity contribution is 5.90. The van der Waals surface area contributed by atoms with Crippen molar-refractivity contribution in [2.24, 2.45) is 0 Å². The molecule has 0 aliphatic rings. The zero-order chi connectivity index (χ0) is 26.1. The van der Waals surface area contributed by atoms with Crippen LogP contribution in [0.3, 0.4) is 0 Å². The third-order valence-electron chi connectivity index (χ3n) is 4.14. The highest BCUT2D eigenvalue weighted by Gasteiger charge is 2.21. The van der Waals surface area contributed by atoms with Gasteiger partial charge in [0.05, 0.1) is 25.8 Å². The Kier molecular flexibility index (Phi) is 10.5. The van der Waals surface area contributed by atoms with Gasteiger partial charge in [0.15, 0.2) is 11.5 Å². The Balaban J connectivity index is 2.79. The topological polar surface area (TPSA) is 104 Å². The Morgan fingerprint density at radius 2 is 1.21 bits per heavy atom. The third-order valence-corrected chi connectivity index (χ3v) is 4.14. The average molecular weight is 483 g/mol. The summed E-state index contributed by atoms with van der Waals surface area (Å²) < 4.78 is 27.0. The first-order valence-electron chi connectivity index (χ1n) is 11.0. The third kappa shape index (κ3) is 10.6. The van der Waals surface area contributed by atoms with Crippen LogP contribution in [0.2, 0.25) is 0 Å². The van der Waals surface area contributed by atoms with Crippen molar-refractivity contribution in [3.8, 4) is 11.5 Å². The summed E-state index contributed by atoms with van der Waals surface area (Å²) in [5.74, 6) is 0.164. The summed E-state index contributed by atoms with van der Waals surface area (Å²) in [5.41, 5.74) is -0.908. The Morgan fingerprint density at radius 1 is 0.765 bits per heavy atom. The largest absolute Gasteiger partial charge is 0.488 e. The fourth-order valence-electron chi connectivity index (χ4n) is 2.43. The molecule has 0 bridgehead atoms. The number of hydrogen-bond acceptors (Lipinski definition) is 8. The molecule has 10 nitrogen and oxygen atoms in total. The number of rotatable bonds is 9. The van der Waals surface area contributed by atoms with Crippen LogP contribution in [0.4, 0.5) is 9.59 Å². The lowest BCUT2D eigenvalue weighted by Gasteiger charge is -2.25. The number of carbonyl (C=O) groups is 3. The van der Waals surface area contributed by atoms with E-state index in [4.69, 9.17) is 23.7 Å². The second-order valence-electron chi connectivity index (χ2n) is 9.65.